The van der Waals surface area contributed by atoms with Crippen molar-refractivity contribution >= 4 is 22.1 Å². The summed E-state index contributed by atoms with van der Waals surface area (Å²) in [4.78, 5) is 2.28. The third-order valence-corrected chi connectivity index (χ3v) is 7.31. The topological polar surface area (TPSA) is 47.2 Å². The van der Waals surface area contributed by atoms with Crippen LogP contribution in [0.25, 0.3) is 5.69 Å². The summed E-state index contributed by atoms with van der Waals surface area (Å²) in [6.07, 6.45) is 4.71. The number of sulfone groups is 1. The zero-order chi connectivity index (χ0) is 19.8. The quantitative estimate of drug-likeness (QED) is 0.685. The minimum absolute atomic E-state index is 0.0726. The molecule has 1 aliphatic rings. The van der Waals surface area contributed by atoms with E-state index in [-0.39, 0.29) is 11.8 Å². The Bertz CT molecular complexity index is 973. The number of hydrogen-bond acceptors (Lipinski definition) is 4. The predicted octanol–water partition coefficient (Wildman–Crippen LogP) is 3.73. The fourth-order valence-corrected chi connectivity index (χ4v) is 5.77. The Balaban J connectivity index is 1.88. The molecule has 1 aromatic carbocycles. The minimum Gasteiger partial charge on any atom is -0.310 e. The maximum atomic E-state index is 12.0. The Labute approximate surface area is 167 Å². The molecule has 1 aromatic heterocycles. The van der Waals surface area contributed by atoms with Crippen molar-refractivity contribution in [3.8, 4) is 5.69 Å². The van der Waals surface area contributed by atoms with Crippen LogP contribution in [0.2, 0.25) is 0 Å². The first-order valence-electron chi connectivity index (χ1n) is 9.46. The van der Waals surface area contributed by atoms with Crippen LogP contribution in [0, 0.1) is 24.5 Å². The van der Waals surface area contributed by atoms with Crippen molar-refractivity contribution in [1.29, 1.82) is 0 Å². The predicted molar refractivity (Wildman–Crippen MR) is 113 cm³/mol. The Kier molecular flexibility index (Phi) is 5.93. The summed E-state index contributed by atoms with van der Waals surface area (Å²) in [5.41, 5.74) is 3.47. The smallest absolute Gasteiger partial charge is 0.185 e. The van der Waals surface area contributed by atoms with E-state index in [1.807, 2.05) is 21.5 Å². The Morgan fingerprint density at radius 3 is 2.63 bits per heavy atom. The molecule has 0 N–H and O–H groups in total. The fraction of sp³-hybridized carbons (Fsp3) is 0.550. The molecule has 27 heavy (non-hydrogen) atoms. The van der Waals surface area contributed by atoms with Crippen LogP contribution in [-0.4, -0.2) is 46.5 Å². The van der Waals surface area contributed by atoms with Crippen molar-refractivity contribution in [3.63, 3.8) is 0 Å². The summed E-state index contributed by atoms with van der Waals surface area (Å²) in [7, 11) is -2.91. The van der Waals surface area contributed by atoms with E-state index in [0.29, 0.717) is 24.8 Å². The SMILES string of the molecule is Cc1ccc(C)c(-n2ccn(CN(CC(C)C)C3CCS(=O)(=O)C3)c2=S)c1. The van der Waals surface area contributed by atoms with E-state index >= 15 is 0 Å². The molecule has 0 saturated carbocycles. The van der Waals surface area contributed by atoms with Gasteiger partial charge in [-0.2, -0.15) is 0 Å². The van der Waals surface area contributed by atoms with Crippen molar-refractivity contribution in [1.82, 2.24) is 14.0 Å². The molecule has 3 rings (SSSR count). The van der Waals surface area contributed by atoms with E-state index in [9.17, 15) is 8.42 Å². The molecule has 2 heterocycles. The molecule has 1 unspecified atom stereocenters. The molecular weight excluding hydrogens is 378 g/mol. The molecule has 1 aliphatic heterocycles. The van der Waals surface area contributed by atoms with Crippen LogP contribution >= 0.6 is 12.2 Å². The van der Waals surface area contributed by atoms with Crippen LogP contribution in [-0.2, 0) is 16.5 Å². The van der Waals surface area contributed by atoms with Crippen LogP contribution in [0.5, 0.6) is 0 Å². The Morgan fingerprint density at radius 1 is 1.26 bits per heavy atom. The molecule has 0 radical (unpaired) electrons. The first-order chi connectivity index (χ1) is 12.7. The minimum atomic E-state index is -2.91. The molecular formula is C20H29N3O2S2. The van der Waals surface area contributed by atoms with Crippen molar-refractivity contribution in [2.24, 2.45) is 5.92 Å². The fourth-order valence-electron chi connectivity index (χ4n) is 3.73. The second-order valence-corrected chi connectivity index (χ2v) is 10.7. The molecule has 2 aromatic rings. The molecule has 1 fully saturated rings. The second kappa shape index (κ2) is 7.89. The summed E-state index contributed by atoms with van der Waals surface area (Å²) in [5.74, 6) is 1.01. The van der Waals surface area contributed by atoms with Gasteiger partial charge in [-0.25, -0.2) is 8.42 Å². The molecule has 5 nitrogen and oxygen atoms in total. The highest BCUT2D eigenvalue weighted by molar-refractivity contribution is 7.91. The molecule has 7 heteroatoms. The summed E-state index contributed by atoms with van der Waals surface area (Å²) in [5, 5.41) is 0. The van der Waals surface area contributed by atoms with Gasteiger partial charge in [0.05, 0.1) is 23.9 Å². The van der Waals surface area contributed by atoms with Crippen LogP contribution in [0.1, 0.15) is 31.4 Å². The molecule has 0 spiro atoms. The van der Waals surface area contributed by atoms with E-state index in [4.69, 9.17) is 12.2 Å². The molecule has 1 atom stereocenters. The van der Waals surface area contributed by atoms with Gasteiger partial charge in [0.15, 0.2) is 14.6 Å². The van der Waals surface area contributed by atoms with Gasteiger partial charge in [0.2, 0.25) is 0 Å². The highest BCUT2D eigenvalue weighted by Gasteiger charge is 2.32. The van der Waals surface area contributed by atoms with Gasteiger partial charge >= 0.3 is 0 Å². The van der Waals surface area contributed by atoms with Crippen molar-refractivity contribution in [2.45, 2.75) is 46.8 Å². The van der Waals surface area contributed by atoms with Gasteiger partial charge in [-0.15, -0.1) is 0 Å². The molecule has 0 aliphatic carbocycles. The maximum absolute atomic E-state index is 12.0. The highest BCUT2D eigenvalue weighted by atomic mass is 32.2. The average molecular weight is 408 g/mol. The van der Waals surface area contributed by atoms with E-state index in [1.165, 1.54) is 11.1 Å². The highest BCUT2D eigenvalue weighted by Crippen LogP contribution is 2.21. The van der Waals surface area contributed by atoms with E-state index in [0.717, 1.165) is 17.0 Å². The number of nitrogens with zero attached hydrogens (tertiary/aromatic N) is 3. The lowest BCUT2D eigenvalue weighted by Gasteiger charge is -2.29. The summed E-state index contributed by atoms with van der Waals surface area (Å²) in [6, 6.07) is 6.43. The van der Waals surface area contributed by atoms with Gasteiger partial charge in [0.25, 0.3) is 0 Å². The first kappa shape index (κ1) is 20.3. The molecule has 0 bridgehead atoms. The Morgan fingerprint density at radius 2 is 2.00 bits per heavy atom. The largest absolute Gasteiger partial charge is 0.310 e. The van der Waals surface area contributed by atoms with Gasteiger partial charge in [0.1, 0.15) is 0 Å². The zero-order valence-electron chi connectivity index (χ0n) is 16.6. The van der Waals surface area contributed by atoms with E-state index < -0.39 is 9.84 Å². The zero-order valence-corrected chi connectivity index (χ0v) is 18.2. The van der Waals surface area contributed by atoms with Gasteiger partial charge in [-0.05, 0) is 55.6 Å². The standard InChI is InChI=1S/C20H29N3O2S2/c1-15(2)12-22(18-7-10-27(24,25)13-18)14-21-8-9-23(20(21)26)19-11-16(3)5-6-17(19)4/h5-6,8-9,11,15,18H,7,10,12-14H2,1-4H3. The van der Waals surface area contributed by atoms with Crippen LogP contribution in [0.3, 0.4) is 0 Å². The van der Waals surface area contributed by atoms with Crippen LogP contribution < -0.4 is 0 Å². The molecule has 0 amide bonds. The number of imidazole rings is 1. The summed E-state index contributed by atoms with van der Waals surface area (Å²) in [6.45, 7) is 9.97. The number of aryl methyl sites for hydroxylation is 2. The van der Waals surface area contributed by atoms with Crippen molar-refractivity contribution in [3.05, 3.63) is 46.5 Å². The first-order valence-corrected chi connectivity index (χ1v) is 11.7. The third-order valence-electron chi connectivity index (χ3n) is 5.13. The van der Waals surface area contributed by atoms with Crippen molar-refractivity contribution < 1.29 is 8.42 Å². The molecule has 1 saturated heterocycles. The maximum Gasteiger partial charge on any atom is 0.185 e. The monoisotopic (exact) mass is 407 g/mol. The van der Waals surface area contributed by atoms with Gasteiger partial charge < -0.3 is 4.57 Å². The lowest BCUT2D eigenvalue weighted by molar-refractivity contribution is 0.145. The third kappa shape index (κ3) is 4.70. The number of hydrogen-bond donors (Lipinski definition) is 0. The Hall–Kier alpha value is -1.44. The molecule has 148 valence electrons. The average Bonchev–Trinajstić information content (AvgIpc) is 3.12. The number of aromatic nitrogens is 2. The van der Waals surface area contributed by atoms with Crippen LogP contribution in [0.4, 0.5) is 0 Å². The normalized spacial score (nSPS) is 19.3. The summed E-state index contributed by atoms with van der Waals surface area (Å²) < 4.78 is 28.7. The second-order valence-electron chi connectivity index (χ2n) is 8.07. The van der Waals surface area contributed by atoms with Gasteiger partial charge in [-0.1, -0.05) is 26.0 Å². The van der Waals surface area contributed by atoms with Gasteiger partial charge in [-0.3, -0.25) is 9.47 Å². The lowest BCUT2D eigenvalue weighted by Crippen LogP contribution is -2.40. The number of benzene rings is 1. The summed E-state index contributed by atoms with van der Waals surface area (Å²) >= 11 is 5.74. The lowest BCUT2D eigenvalue weighted by atomic mass is 10.1. The van der Waals surface area contributed by atoms with Crippen LogP contribution in [0.15, 0.2) is 30.6 Å². The number of rotatable bonds is 6. The van der Waals surface area contributed by atoms with Crippen molar-refractivity contribution in [2.75, 3.05) is 18.1 Å². The van der Waals surface area contributed by atoms with E-state index in [1.54, 1.807) is 0 Å². The van der Waals surface area contributed by atoms with E-state index in [2.05, 4.69) is 50.8 Å². The van der Waals surface area contributed by atoms with Gasteiger partial charge in [0, 0.05) is 25.0 Å².